The van der Waals surface area contributed by atoms with E-state index < -0.39 is 0 Å². The van der Waals surface area contributed by atoms with Crippen LogP contribution in [0, 0.1) is 5.82 Å². The second-order valence-corrected chi connectivity index (χ2v) is 4.67. The molecule has 2 aromatic carbocycles. The van der Waals surface area contributed by atoms with Crippen LogP contribution in [-0.2, 0) is 0 Å². The number of ketones is 1. The summed E-state index contributed by atoms with van der Waals surface area (Å²) in [5.41, 5.74) is 3.57. The summed E-state index contributed by atoms with van der Waals surface area (Å²) in [4.78, 5) is 12.3. The van der Waals surface area contributed by atoms with Crippen LogP contribution in [0.2, 0.25) is 5.02 Å². The SMILES string of the molecule is N/N=C/C(=N\Nc1ccc(F)cc1)C(=O)c1ccc(Cl)cc1. The zero-order chi connectivity index (χ0) is 15.9. The maximum absolute atomic E-state index is 12.8. The summed E-state index contributed by atoms with van der Waals surface area (Å²) in [6.45, 7) is 0. The Bertz CT molecular complexity index is 711. The van der Waals surface area contributed by atoms with Crippen LogP contribution >= 0.6 is 11.6 Å². The smallest absolute Gasteiger partial charge is 0.214 e. The number of nitrogens with zero attached hydrogens (tertiary/aromatic N) is 2. The molecule has 0 aliphatic rings. The van der Waals surface area contributed by atoms with Crippen molar-refractivity contribution in [2.75, 3.05) is 5.43 Å². The molecular weight excluding hydrogens is 307 g/mol. The third kappa shape index (κ3) is 4.13. The second kappa shape index (κ2) is 7.33. The van der Waals surface area contributed by atoms with Crippen molar-refractivity contribution in [1.29, 1.82) is 0 Å². The standard InChI is InChI=1S/C15H12ClFN4O/c16-11-3-1-10(2-4-11)15(22)14(9-19-18)21-20-13-7-5-12(17)6-8-13/h1-9,20H,18H2/b19-9+,21-14+. The number of benzene rings is 2. The highest BCUT2D eigenvalue weighted by Crippen LogP contribution is 2.11. The van der Waals surface area contributed by atoms with Crippen molar-refractivity contribution in [2.45, 2.75) is 0 Å². The number of Topliss-reactive ketones (excluding diaryl/α,β-unsaturated/α-hetero) is 1. The fraction of sp³-hybridized carbons (Fsp3) is 0. The Kier molecular flexibility index (Phi) is 5.21. The van der Waals surface area contributed by atoms with Gasteiger partial charge in [-0.2, -0.15) is 10.2 Å². The van der Waals surface area contributed by atoms with Crippen molar-refractivity contribution in [3.8, 4) is 0 Å². The van der Waals surface area contributed by atoms with Gasteiger partial charge in [-0.05, 0) is 48.5 Å². The summed E-state index contributed by atoms with van der Waals surface area (Å²) < 4.78 is 12.8. The number of rotatable bonds is 5. The molecule has 5 nitrogen and oxygen atoms in total. The first-order chi connectivity index (χ1) is 10.6. The van der Waals surface area contributed by atoms with Crippen molar-refractivity contribution in [3.05, 3.63) is 64.9 Å². The Labute approximate surface area is 131 Å². The van der Waals surface area contributed by atoms with E-state index in [0.717, 1.165) is 6.21 Å². The molecular formula is C15H12ClFN4O. The molecule has 0 amide bonds. The lowest BCUT2D eigenvalue weighted by Crippen LogP contribution is -2.18. The fourth-order valence-corrected chi connectivity index (χ4v) is 1.73. The molecule has 0 radical (unpaired) electrons. The van der Waals surface area contributed by atoms with Crippen LogP contribution in [-0.4, -0.2) is 17.7 Å². The second-order valence-electron chi connectivity index (χ2n) is 4.23. The zero-order valence-electron chi connectivity index (χ0n) is 11.3. The number of halogens is 2. The summed E-state index contributed by atoms with van der Waals surface area (Å²) in [6.07, 6.45) is 1.13. The molecule has 2 rings (SSSR count). The van der Waals surface area contributed by atoms with E-state index in [0.29, 0.717) is 16.3 Å². The molecule has 3 N–H and O–H groups in total. The summed E-state index contributed by atoms with van der Waals surface area (Å²) in [7, 11) is 0. The number of hydrogen-bond donors (Lipinski definition) is 2. The highest BCUT2D eigenvalue weighted by atomic mass is 35.5. The lowest BCUT2D eigenvalue weighted by atomic mass is 10.1. The molecule has 0 bridgehead atoms. The highest BCUT2D eigenvalue weighted by molar-refractivity contribution is 6.64. The number of anilines is 1. The predicted octanol–water partition coefficient (Wildman–Crippen LogP) is 3.07. The van der Waals surface area contributed by atoms with Gasteiger partial charge in [-0.3, -0.25) is 10.2 Å². The normalized spacial score (nSPS) is 11.6. The molecule has 0 heterocycles. The first kappa shape index (κ1) is 15.7. The number of carbonyl (C=O) groups excluding carboxylic acids is 1. The number of hydrogen-bond acceptors (Lipinski definition) is 5. The van der Waals surface area contributed by atoms with Gasteiger partial charge in [0.15, 0.2) is 5.71 Å². The van der Waals surface area contributed by atoms with Crippen LogP contribution in [0.15, 0.2) is 58.7 Å². The van der Waals surface area contributed by atoms with Gasteiger partial charge >= 0.3 is 0 Å². The van der Waals surface area contributed by atoms with Crippen LogP contribution < -0.4 is 11.3 Å². The third-order valence-electron chi connectivity index (χ3n) is 2.69. The van der Waals surface area contributed by atoms with Crippen LogP contribution in [0.25, 0.3) is 0 Å². The van der Waals surface area contributed by atoms with Crippen molar-refractivity contribution in [2.24, 2.45) is 16.0 Å². The quantitative estimate of drug-likeness (QED) is 0.385. The summed E-state index contributed by atoms with van der Waals surface area (Å²) in [5, 5.41) is 7.79. The zero-order valence-corrected chi connectivity index (χ0v) is 12.1. The van der Waals surface area contributed by atoms with Crippen LogP contribution in [0.3, 0.4) is 0 Å². The molecule has 22 heavy (non-hydrogen) atoms. The number of hydrazone groups is 2. The summed E-state index contributed by atoms with van der Waals surface area (Å²) in [6, 6.07) is 11.9. The molecule has 112 valence electrons. The van der Waals surface area contributed by atoms with Gasteiger partial charge in [0.05, 0.1) is 11.9 Å². The van der Waals surface area contributed by atoms with Crippen LogP contribution in [0.4, 0.5) is 10.1 Å². The average molecular weight is 319 g/mol. The lowest BCUT2D eigenvalue weighted by Gasteiger charge is -2.03. The Hall–Kier alpha value is -2.73. The summed E-state index contributed by atoms with van der Waals surface area (Å²) >= 11 is 5.78. The van der Waals surface area contributed by atoms with E-state index in [4.69, 9.17) is 17.4 Å². The van der Waals surface area contributed by atoms with Crippen molar-refractivity contribution >= 4 is 35.0 Å². The number of carbonyl (C=O) groups is 1. The van der Waals surface area contributed by atoms with Gasteiger partial charge in [-0.1, -0.05) is 11.6 Å². The average Bonchev–Trinajstić information content (AvgIpc) is 2.53. The van der Waals surface area contributed by atoms with Gasteiger partial charge < -0.3 is 5.84 Å². The Morgan fingerprint density at radius 2 is 1.77 bits per heavy atom. The van der Waals surface area contributed by atoms with Crippen molar-refractivity contribution < 1.29 is 9.18 Å². The molecule has 0 aliphatic carbocycles. The van der Waals surface area contributed by atoms with Crippen LogP contribution in [0.5, 0.6) is 0 Å². The number of nitrogens with one attached hydrogen (secondary N) is 1. The minimum Gasteiger partial charge on any atom is -0.323 e. The van der Waals surface area contributed by atoms with Gasteiger partial charge in [0.2, 0.25) is 5.78 Å². The van der Waals surface area contributed by atoms with E-state index in [1.165, 1.54) is 24.3 Å². The minimum atomic E-state index is -0.375. The van der Waals surface area contributed by atoms with E-state index in [2.05, 4.69) is 15.6 Å². The first-order valence-corrected chi connectivity index (χ1v) is 6.61. The monoisotopic (exact) mass is 318 g/mol. The van der Waals surface area contributed by atoms with Gasteiger partial charge in [0, 0.05) is 10.6 Å². The van der Waals surface area contributed by atoms with Crippen molar-refractivity contribution in [3.63, 3.8) is 0 Å². The molecule has 0 saturated heterocycles. The summed E-state index contributed by atoms with van der Waals surface area (Å²) in [5.74, 6) is 4.36. The van der Waals surface area contributed by atoms with E-state index in [1.54, 1.807) is 24.3 Å². The minimum absolute atomic E-state index is 0.00847. The van der Waals surface area contributed by atoms with E-state index >= 15 is 0 Å². The molecule has 0 saturated carbocycles. The topological polar surface area (TPSA) is 79.8 Å². The molecule has 0 aliphatic heterocycles. The van der Waals surface area contributed by atoms with E-state index in [-0.39, 0.29) is 17.3 Å². The molecule has 0 aromatic heterocycles. The number of nitrogens with two attached hydrogens (primary N) is 1. The molecule has 2 aromatic rings. The maximum Gasteiger partial charge on any atom is 0.214 e. The predicted molar refractivity (Wildman–Crippen MR) is 85.9 cm³/mol. The third-order valence-corrected chi connectivity index (χ3v) is 2.94. The Morgan fingerprint density at radius 3 is 2.36 bits per heavy atom. The molecule has 0 spiro atoms. The molecule has 0 fully saturated rings. The van der Waals surface area contributed by atoms with Crippen LogP contribution in [0.1, 0.15) is 10.4 Å². The Balaban J connectivity index is 2.21. The van der Waals surface area contributed by atoms with Gasteiger partial charge in [-0.25, -0.2) is 4.39 Å². The molecule has 7 heteroatoms. The maximum atomic E-state index is 12.8. The molecule has 0 unspecified atom stereocenters. The lowest BCUT2D eigenvalue weighted by molar-refractivity contribution is 0.106. The first-order valence-electron chi connectivity index (χ1n) is 6.23. The van der Waals surface area contributed by atoms with Gasteiger partial charge in [-0.15, -0.1) is 0 Å². The van der Waals surface area contributed by atoms with Gasteiger partial charge in [0.1, 0.15) is 5.82 Å². The van der Waals surface area contributed by atoms with E-state index in [1.807, 2.05) is 0 Å². The van der Waals surface area contributed by atoms with Crippen molar-refractivity contribution in [1.82, 2.24) is 0 Å². The van der Waals surface area contributed by atoms with E-state index in [9.17, 15) is 9.18 Å². The van der Waals surface area contributed by atoms with Gasteiger partial charge in [0.25, 0.3) is 0 Å². The highest BCUT2D eigenvalue weighted by Gasteiger charge is 2.12. The fourth-order valence-electron chi connectivity index (χ4n) is 1.61. The Morgan fingerprint density at radius 1 is 1.14 bits per heavy atom. The largest absolute Gasteiger partial charge is 0.323 e. The molecule has 0 atom stereocenters.